The summed E-state index contributed by atoms with van der Waals surface area (Å²) in [5.74, 6) is 0. The first-order chi connectivity index (χ1) is 11.8. The van der Waals surface area contributed by atoms with E-state index in [1.54, 1.807) is 12.1 Å². The Morgan fingerprint density at radius 2 is 1.76 bits per heavy atom. The topological polar surface area (TPSA) is 66.0 Å². The zero-order valence-corrected chi connectivity index (χ0v) is 13.9. The number of hydrogen-bond donors (Lipinski definition) is 2. The molecule has 0 saturated heterocycles. The zero-order chi connectivity index (χ0) is 18.2. The fraction of sp³-hybridized carbons (Fsp3) is 0.0625. The Labute approximate surface area is 147 Å². The quantitative estimate of drug-likeness (QED) is 0.623. The highest BCUT2D eigenvalue weighted by atomic mass is 35.5. The number of benzene rings is 2. The molecule has 4 nitrogen and oxygen atoms in total. The first-order valence-corrected chi connectivity index (χ1v) is 8.38. The first kappa shape index (κ1) is 17.7. The fourth-order valence-electron chi connectivity index (χ4n) is 2.41. The number of nitrogens with one attached hydrogen (secondary N) is 1. The molecule has 0 spiro atoms. The predicted molar refractivity (Wildman–Crippen MR) is 88.5 cm³/mol. The Hall–Kier alpha value is -2.16. The van der Waals surface area contributed by atoms with Crippen LogP contribution < -0.4 is 0 Å². The van der Waals surface area contributed by atoms with Crippen molar-refractivity contribution in [2.24, 2.45) is 0 Å². The van der Waals surface area contributed by atoms with Crippen LogP contribution in [0.3, 0.4) is 0 Å². The van der Waals surface area contributed by atoms with E-state index in [0.717, 1.165) is 0 Å². The van der Waals surface area contributed by atoms with Crippen LogP contribution in [-0.2, 0) is 17.3 Å². The summed E-state index contributed by atoms with van der Waals surface area (Å²) in [6.45, 7) is 0. The second kappa shape index (κ2) is 6.62. The molecule has 3 aromatic rings. The van der Waals surface area contributed by atoms with Crippen LogP contribution in [0.1, 0.15) is 5.69 Å². The van der Waals surface area contributed by atoms with E-state index in [-0.39, 0.29) is 21.7 Å². The van der Waals surface area contributed by atoms with E-state index in [4.69, 9.17) is 16.2 Å². The molecule has 1 aromatic heterocycles. The molecule has 25 heavy (non-hydrogen) atoms. The summed E-state index contributed by atoms with van der Waals surface area (Å²) in [6.07, 6.45) is -4.63. The van der Waals surface area contributed by atoms with Gasteiger partial charge in [0.2, 0.25) is 0 Å². The molecule has 0 aliphatic heterocycles. The van der Waals surface area contributed by atoms with Gasteiger partial charge in [-0.1, -0.05) is 35.9 Å². The monoisotopic (exact) mass is 386 g/mol. The molecule has 130 valence electrons. The van der Waals surface area contributed by atoms with Gasteiger partial charge in [-0.25, -0.2) is 4.21 Å². The Morgan fingerprint density at radius 3 is 2.32 bits per heavy atom. The van der Waals surface area contributed by atoms with E-state index < -0.39 is 23.0 Å². The van der Waals surface area contributed by atoms with Crippen molar-refractivity contribution >= 4 is 22.7 Å². The lowest BCUT2D eigenvalue weighted by atomic mass is 9.99. The van der Waals surface area contributed by atoms with Crippen LogP contribution in [-0.4, -0.2) is 19.0 Å². The van der Waals surface area contributed by atoms with Crippen molar-refractivity contribution in [3.8, 4) is 22.4 Å². The predicted octanol–water partition coefficient (Wildman–Crippen LogP) is 5.00. The molecule has 3 rings (SSSR count). The molecule has 1 heterocycles. The van der Waals surface area contributed by atoms with Gasteiger partial charge in [-0.15, -0.1) is 0 Å². The molecule has 1 atom stereocenters. The van der Waals surface area contributed by atoms with Crippen LogP contribution in [0.4, 0.5) is 13.2 Å². The lowest BCUT2D eigenvalue weighted by molar-refractivity contribution is -0.140. The Kier molecular flexibility index (Phi) is 4.68. The molecule has 0 amide bonds. The first-order valence-electron chi connectivity index (χ1n) is 6.90. The molecule has 2 aromatic carbocycles. The molecular weight excluding hydrogens is 377 g/mol. The summed E-state index contributed by atoms with van der Waals surface area (Å²) < 4.78 is 60.2. The third kappa shape index (κ3) is 3.60. The summed E-state index contributed by atoms with van der Waals surface area (Å²) >= 11 is 3.74. The molecule has 0 fully saturated rings. The third-order valence-corrected chi connectivity index (χ3v) is 4.40. The lowest BCUT2D eigenvalue weighted by Gasteiger charge is -2.10. The maximum absolute atomic E-state index is 13.4. The van der Waals surface area contributed by atoms with Crippen LogP contribution in [0.2, 0.25) is 5.02 Å². The second-order valence-corrected chi connectivity index (χ2v) is 6.51. The van der Waals surface area contributed by atoms with E-state index >= 15 is 0 Å². The summed E-state index contributed by atoms with van der Waals surface area (Å²) in [4.78, 5) is 0.139. The number of alkyl halides is 3. The van der Waals surface area contributed by atoms with Crippen LogP contribution in [0.5, 0.6) is 0 Å². The standard InChI is InChI=1S/C16H10ClF3N2O2S/c17-11-3-1-2-10(8-11)13-14(21-22-15(13)16(18,19)20)9-4-6-12(7-5-9)25(23)24/h1-8H,(H,21,22)(H,23,24). The highest BCUT2D eigenvalue weighted by molar-refractivity contribution is 7.79. The van der Waals surface area contributed by atoms with Crippen molar-refractivity contribution < 1.29 is 21.9 Å². The van der Waals surface area contributed by atoms with Gasteiger partial charge in [-0.05, 0) is 29.8 Å². The lowest BCUT2D eigenvalue weighted by Crippen LogP contribution is -2.07. The minimum Gasteiger partial charge on any atom is -0.302 e. The van der Waals surface area contributed by atoms with Gasteiger partial charge in [-0.2, -0.15) is 18.3 Å². The summed E-state index contributed by atoms with van der Waals surface area (Å²) in [6, 6.07) is 11.6. The normalized spacial score (nSPS) is 13.0. The number of hydrogen-bond acceptors (Lipinski definition) is 2. The molecule has 0 aliphatic carbocycles. The van der Waals surface area contributed by atoms with Crippen molar-refractivity contribution in [3.05, 3.63) is 59.2 Å². The Bertz CT molecular complexity index is 939. The maximum atomic E-state index is 13.4. The van der Waals surface area contributed by atoms with E-state index in [0.29, 0.717) is 10.6 Å². The van der Waals surface area contributed by atoms with Crippen molar-refractivity contribution in [2.75, 3.05) is 0 Å². The minimum absolute atomic E-state index is 0.0739. The third-order valence-electron chi connectivity index (χ3n) is 3.49. The van der Waals surface area contributed by atoms with E-state index in [1.165, 1.54) is 36.4 Å². The van der Waals surface area contributed by atoms with Crippen LogP contribution >= 0.6 is 11.6 Å². The van der Waals surface area contributed by atoms with Crippen molar-refractivity contribution in [1.29, 1.82) is 0 Å². The van der Waals surface area contributed by atoms with Gasteiger partial charge < -0.3 is 4.55 Å². The van der Waals surface area contributed by atoms with Gasteiger partial charge in [0.05, 0.1) is 4.90 Å². The van der Waals surface area contributed by atoms with Crippen molar-refractivity contribution in [3.63, 3.8) is 0 Å². The number of aromatic amines is 1. The van der Waals surface area contributed by atoms with Crippen molar-refractivity contribution in [2.45, 2.75) is 11.1 Å². The molecule has 1 unspecified atom stereocenters. The van der Waals surface area contributed by atoms with Crippen LogP contribution in [0.25, 0.3) is 22.4 Å². The van der Waals surface area contributed by atoms with Crippen molar-refractivity contribution in [1.82, 2.24) is 10.2 Å². The summed E-state index contributed by atoms with van der Waals surface area (Å²) in [5, 5.41) is 6.14. The van der Waals surface area contributed by atoms with E-state index in [1.807, 2.05) is 5.10 Å². The molecule has 0 radical (unpaired) electrons. The van der Waals surface area contributed by atoms with Gasteiger partial charge in [0, 0.05) is 16.1 Å². The summed E-state index contributed by atoms with van der Waals surface area (Å²) in [7, 11) is 0. The number of nitrogens with zero attached hydrogens (tertiary/aromatic N) is 1. The Morgan fingerprint density at radius 1 is 1.08 bits per heavy atom. The molecule has 0 saturated carbocycles. The van der Waals surface area contributed by atoms with Gasteiger partial charge in [-0.3, -0.25) is 5.10 Å². The number of aromatic nitrogens is 2. The van der Waals surface area contributed by atoms with Gasteiger partial charge in [0.1, 0.15) is 11.4 Å². The SMILES string of the molecule is O=S(O)c1ccc(-c2n[nH]c(C(F)(F)F)c2-c2cccc(Cl)c2)cc1. The van der Waals surface area contributed by atoms with E-state index in [2.05, 4.69) is 5.10 Å². The maximum Gasteiger partial charge on any atom is 0.433 e. The largest absolute Gasteiger partial charge is 0.433 e. The highest BCUT2D eigenvalue weighted by Crippen LogP contribution is 2.41. The molecule has 0 aliphatic rings. The minimum atomic E-state index is -4.63. The number of H-pyrrole nitrogens is 1. The zero-order valence-electron chi connectivity index (χ0n) is 12.3. The van der Waals surface area contributed by atoms with Gasteiger partial charge in [0.15, 0.2) is 11.1 Å². The molecule has 0 bridgehead atoms. The Balaban J connectivity index is 2.21. The molecule has 9 heteroatoms. The van der Waals surface area contributed by atoms with Crippen LogP contribution in [0.15, 0.2) is 53.4 Å². The molecular formula is C16H10ClF3N2O2S. The second-order valence-electron chi connectivity index (χ2n) is 5.10. The summed E-state index contributed by atoms with van der Waals surface area (Å²) in [5.41, 5.74) is -0.411. The average Bonchev–Trinajstić information content (AvgIpc) is 3.00. The van der Waals surface area contributed by atoms with Crippen LogP contribution in [0, 0.1) is 0 Å². The smallest absolute Gasteiger partial charge is 0.302 e. The van der Waals surface area contributed by atoms with Gasteiger partial charge >= 0.3 is 6.18 Å². The molecule has 2 N–H and O–H groups in total. The van der Waals surface area contributed by atoms with E-state index in [9.17, 15) is 17.4 Å². The number of rotatable bonds is 3. The number of halogens is 4. The highest BCUT2D eigenvalue weighted by Gasteiger charge is 2.38. The average molecular weight is 387 g/mol. The van der Waals surface area contributed by atoms with Gasteiger partial charge in [0.25, 0.3) is 0 Å². The fourth-order valence-corrected chi connectivity index (χ4v) is 2.97.